The van der Waals surface area contributed by atoms with E-state index in [-0.39, 0.29) is 17.7 Å². The largest absolute Gasteiger partial charge is 0.481 e. The van der Waals surface area contributed by atoms with Crippen molar-refractivity contribution >= 4 is 17.6 Å². The first kappa shape index (κ1) is 17.1. The van der Waals surface area contributed by atoms with E-state index in [1.54, 1.807) is 24.5 Å². The van der Waals surface area contributed by atoms with Gasteiger partial charge in [-0.3, -0.25) is 9.59 Å². The van der Waals surface area contributed by atoms with Crippen LogP contribution >= 0.6 is 0 Å². The highest BCUT2D eigenvalue weighted by Crippen LogP contribution is 2.30. The number of aromatic nitrogens is 2. The molecule has 2 N–H and O–H groups in total. The summed E-state index contributed by atoms with van der Waals surface area (Å²) in [6.07, 6.45) is 5.44. The van der Waals surface area contributed by atoms with E-state index >= 15 is 0 Å². The number of rotatable bonds is 4. The van der Waals surface area contributed by atoms with Crippen LogP contribution in [0.5, 0.6) is 0 Å². The molecule has 0 spiro atoms. The van der Waals surface area contributed by atoms with Gasteiger partial charge in [0, 0.05) is 17.8 Å². The Morgan fingerprint density at radius 2 is 1.92 bits per heavy atom. The minimum atomic E-state index is -0.801. The zero-order valence-corrected chi connectivity index (χ0v) is 13.9. The van der Waals surface area contributed by atoms with Gasteiger partial charge in [0.15, 0.2) is 5.82 Å². The summed E-state index contributed by atoms with van der Waals surface area (Å²) in [5.74, 6) is -2.06. The zero-order chi connectivity index (χ0) is 18.0. The van der Waals surface area contributed by atoms with E-state index in [2.05, 4.69) is 10.4 Å². The number of nitrogens with one attached hydrogen (secondary N) is 1. The molecule has 0 atom stereocenters. The number of nitrogens with zero attached hydrogens (tertiary/aromatic N) is 2. The van der Waals surface area contributed by atoms with Crippen LogP contribution in [0.1, 0.15) is 31.2 Å². The van der Waals surface area contributed by atoms with Crippen LogP contribution in [0.4, 0.5) is 10.1 Å². The second-order valence-electron chi connectivity index (χ2n) is 6.50. The highest BCUT2D eigenvalue weighted by molar-refractivity contribution is 5.92. The third-order valence-electron chi connectivity index (χ3n) is 4.62. The predicted octanol–water partition coefficient (Wildman–Crippen LogP) is 3.15. The van der Waals surface area contributed by atoms with Gasteiger partial charge in [-0.15, -0.1) is 0 Å². The fourth-order valence-electron chi connectivity index (χ4n) is 3.16. The Morgan fingerprint density at radius 3 is 2.48 bits per heavy atom. The number of hydrogen-bond acceptors (Lipinski definition) is 3. The maximum absolute atomic E-state index is 14.3. The van der Waals surface area contributed by atoms with Crippen LogP contribution in [-0.2, 0) is 9.59 Å². The molecule has 25 heavy (non-hydrogen) atoms. The fraction of sp³-hybridized carbons (Fsp3) is 0.389. The molecule has 1 aliphatic rings. The molecule has 6 nitrogen and oxygen atoms in total. The minimum absolute atomic E-state index is 0.189. The van der Waals surface area contributed by atoms with Crippen molar-refractivity contribution in [2.75, 3.05) is 5.32 Å². The molecule has 0 aliphatic heterocycles. The molecular formula is C18H20FN3O3. The third kappa shape index (κ3) is 3.87. The monoisotopic (exact) mass is 345 g/mol. The number of carbonyl (C=O) groups is 2. The summed E-state index contributed by atoms with van der Waals surface area (Å²) in [6, 6.07) is 4.47. The van der Waals surface area contributed by atoms with Gasteiger partial charge in [-0.1, -0.05) is 0 Å². The average molecular weight is 345 g/mol. The molecule has 1 fully saturated rings. The molecule has 1 saturated carbocycles. The Morgan fingerprint density at radius 1 is 1.24 bits per heavy atom. The van der Waals surface area contributed by atoms with E-state index in [4.69, 9.17) is 5.11 Å². The molecule has 1 heterocycles. The van der Waals surface area contributed by atoms with Crippen LogP contribution in [0.25, 0.3) is 5.69 Å². The molecular weight excluding hydrogens is 325 g/mol. The number of carboxylic acids is 1. The summed E-state index contributed by atoms with van der Waals surface area (Å²) in [6.45, 7) is 1.87. The maximum atomic E-state index is 14.3. The van der Waals surface area contributed by atoms with Gasteiger partial charge in [-0.2, -0.15) is 5.10 Å². The van der Waals surface area contributed by atoms with Gasteiger partial charge in [0.05, 0.1) is 12.1 Å². The molecule has 0 radical (unpaired) electrons. The van der Waals surface area contributed by atoms with Crippen LogP contribution in [0, 0.1) is 24.6 Å². The molecule has 1 aliphatic carbocycles. The summed E-state index contributed by atoms with van der Waals surface area (Å²) >= 11 is 0. The van der Waals surface area contributed by atoms with Gasteiger partial charge in [-0.05, 0) is 56.4 Å². The Balaban J connectivity index is 1.64. The van der Waals surface area contributed by atoms with Crippen LogP contribution in [-0.4, -0.2) is 26.8 Å². The van der Waals surface area contributed by atoms with Crippen molar-refractivity contribution in [3.8, 4) is 5.69 Å². The molecule has 0 bridgehead atoms. The SMILES string of the molecule is Cc1cnn(-c2ccc(NC(=O)C3CCC(C(=O)O)CC3)cc2F)c1. The quantitative estimate of drug-likeness (QED) is 0.891. The number of benzene rings is 1. The van der Waals surface area contributed by atoms with Crippen LogP contribution in [0.3, 0.4) is 0 Å². The second kappa shape index (κ2) is 7.04. The third-order valence-corrected chi connectivity index (χ3v) is 4.62. The minimum Gasteiger partial charge on any atom is -0.481 e. The zero-order valence-electron chi connectivity index (χ0n) is 13.9. The van der Waals surface area contributed by atoms with Gasteiger partial charge in [0.25, 0.3) is 0 Å². The summed E-state index contributed by atoms with van der Waals surface area (Å²) in [4.78, 5) is 23.3. The maximum Gasteiger partial charge on any atom is 0.306 e. The normalized spacial score (nSPS) is 20.2. The summed E-state index contributed by atoms with van der Waals surface area (Å²) in [5, 5.41) is 15.8. The Hall–Kier alpha value is -2.70. The van der Waals surface area contributed by atoms with E-state index in [1.165, 1.54) is 10.7 Å². The van der Waals surface area contributed by atoms with E-state index in [9.17, 15) is 14.0 Å². The van der Waals surface area contributed by atoms with Crippen molar-refractivity contribution < 1.29 is 19.1 Å². The molecule has 1 amide bonds. The number of amides is 1. The van der Waals surface area contributed by atoms with Crippen molar-refractivity contribution in [3.63, 3.8) is 0 Å². The van der Waals surface area contributed by atoms with Gasteiger partial charge in [0.1, 0.15) is 5.69 Å². The molecule has 0 saturated heterocycles. The Kier molecular flexibility index (Phi) is 4.83. The van der Waals surface area contributed by atoms with Crippen LogP contribution in [0.15, 0.2) is 30.6 Å². The lowest BCUT2D eigenvalue weighted by Gasteiger charge is -2.25. The van der Waals surface area contributed by atoms with Crippen molar-refractivity contribution in [2.45, 2.75) is 32.6 Å². The van der Waals surface area contributed by atoms with Crippen molar-refractivity contribution in [1.82, 2.24) is 9.78 Å². The highest BCUT2D eigenvalue weighted by Gasteiger charge is 2.29. The smallest absolute Gasteiger partial charge is 0.306 e. The lowest BCUT2D eigenvalue weighted by atomic mass is 9.81. The van der Waals surface area contributed by atoms with E-state index in [0.29, 0.717) is 37.1 Å². The standard InChI is InChI=1S/C18H20FN3O3/c1-11-9-20-22(10-11)16-7-6-14(8-15(16)19)21-17(23)12-2-4-13(5-3-12)18(24)25/h6-10,12-13H,2-5H2,1H3,(H,21,23)(H,24,25). The van der Waals surface area contributed by atoms with Crippen LogP contribution in [0.2, 0.25) is 0 Å². The second-order valence-corrected chi connectivity index (χ2v) is 6.50. The Bertz CT molecular complexity index is 795. The number of aliphatic carboxylic acids is 1. The molecule has 7 heteroatoms. The molecule has 1 aromatic carbocycles. The van der Waals surface area contributed by atoms with E-state index in [0.717, 1.165) is 5.56 Å². The summed E-state index contributed by atoms with van der Waals surface area (Å²) < 4.78 is 15.7. The van der Waals surface area contributed by atoms with Gasteiger partial charge in [0.2, 0.25) is 5.91 Å². The number of anilines is 1. The van der Waals surface area contributed by atoms with Gasteiger partial charge in [-0.25, -0.2) is 9.07 Å². The van der Waals surface area contributed by atoms with E-state index in [1.807, 2.05) is 6.92 Å². The topological polar surface area (TPSA) is 84.2 Å². The summed E-state index contributed by atoms with van der Waals surface area (Å²) in [5.41, 5.74) is 1.62. The van der Waals surface area contributed by atoms with Crippen LogP contribution < -0.4 is 5.32 Å². The van der Waals surface area contributed by atoms with Crippen molar-refractivity contribution in [2.24, 2.45) is 11.8 Å². The number of carboxylic acid groups (broad SMARTS) is 1. The first-order valence-corrected chi connectivity index (χ1v) is 8.29. The fourth-order valence-corrected chi connectivity index (χ4v) is 3.16. The van der Waals surface area contributed by atoms with E-state index < -0.39 is 11.8 Å². The van der Waals surface area contributed by atoms with Gasteiger partial charge < -0.3 is 10.4 Å². The summed E-state index contributed by atoms with van der Waals surface area (Å²) in [7, 11) is 0. The Labute approximate surface area is 144 Å². The van der Waals surface area contributed by atoms with Crippen molar-refractivity contribution in [3.05, 3.63) is 42.0 Å². The van der Waals surface area contributed by atoms with Crippen molar-refractivity contribution in [1.29, 1.82) is 0 Å². The molecule has 0 unspecified atom stereocenters. The predicted molar refractivity (Wildman–Crippen MR) is 90.0 cm³/mol. The molecule has 1 aromatic heterocycles. The molecule has 132 valence electrons. The first-order chi connectivity index (χ1) is 11.9. The highest BCUT2D eigenvalue weighted by atomic mass is 19.1. The lowest BCUT2D eigenvalue weighted by molar-refractivity contribution is -0.143. The average Bonchev–Trinajstić information content (AvgIpc) is 3.01. The molecule has 2 aromatic rings. The van der Waals surface area contributed by atoms with Gasteiger partial charge >= 0.3 is 5.97 Å². The number of halogens is 1. The lowest BCUT2D eigenvalue weighted by Crippen LogP contribution is -2.29. The number of aryl methyl sites for hydroxylation is 1. The number of hydrogen-bond donors (Lipinski definition) is 2. The first-order valence-electron chi connectivity index (χ1n) is 8.29. The number of carbonyl (C=O) groups excluding carboxylic acids is 1. The molecule has 3 rings (SSSR count).